The van der Waals surface area contributed by atoms with E-state index in [0.717, 1.165) is 12.8 Å². The topological polar surface area (TPSA) is 135 Å². The molecule has 12 heteroatoms. The highest BCUT2D eigenvalue weighted by molar-refractivity contribution is 5.69. The largest absolute Gasteiger partial charge is 0.489 e. The molecule has 262 valence electrons. The number of para-hydroxylation sites is 2. The minimum absolute atomic E-state index is 0.144. The molecule has 0 aliphatic carbocycles. The molecule has 0 aromatic heterocycles. The van der Waals surface area contributed by atoms with Gasteiger partial charge in [-0.3, -0.25) is 4.79 Å². The Kier molecular flexibility index (Phi) is 30.4. The van der Waals surface area contributed by atoms with Crippen LogP contribution < -0.4 is 10.5 Å². The van der Waals surface area contributed by atoms with Crippen LogP contribution in [0.25, 0.3) is 0 Å². The molecular formula is C33H59NO11. The van der Waals surface area contributed by atoms with E-state index in [4.69, 9.17) is 53.1 Å². The molecule has 12 nitrogen and oxygen atoms in total. The molecule has 0 aliphatic heterocycles. The van der Waals surface area contributed by atoms with Gasteiger partial charge < -0.3 is 53.1 Å². The number of hydrogen-bond acceptors (Lipinski definition) is 12. The van der Waals surface area contributed by atoms with E-state index in [1.807, 2.05) is 18.2 Å². The molecule has 2 N–H and O–H groups in total. The van der Waals surface area contributed by atoms with Crippen molar-refractivity contribution in [3.8, 4) is 5.75 Å². The number of hydrogen-bond donors (Lipinski definition) is 1. The monoisotopic (exact) mass is 645 g/mol. The van der Waals surface area contributed by atoms with Crippen molar-refractivity contribution in [3.05, 3.63) is 24.3 Å². The summed E-state index contributed by atoms with van der Waals surface area (Å²) in [5, 5.41) is 0. The summed E-state index contributed by atoms with van der Waals surface area (Å²) >= 11 is 0. The number of nitrogens with two attached hydrogens (primary N) is 1. The van der Waals surface area contributed by atoms with Gasteiger partial charge in [-0.05, 0) is 18.6 Å². The molecule has 0 saturated carbocycles. The number of rotatable bonds is 35. The third-order valence-electron chi connectivity index (χ3n) is 6.23. The predicted molar refractivity (Wildman–Crippen MR) is 172 cm³/mol. The Bertz CT molecular complexity index is 772. The maximum absolute atomic E-state index is 11.7. The van der Waals surface area contributed by atoms with E-state index in [1.165, 1.54) is 25.7 Å². The molecule has 0 aliphatic rings. The molecule has 0 fully saturated rings. The fourth-order valence-electron chi connectivity index (χ4n) is 3.80. The molecule has 0 bridgehead atoms. The first-order chi connectivity index (χ1) is 22.2. The Balaban J connectivity index is 1.66. The fraction of sp³-hybridized carbons (Fsp3) is 0.788. The van der Waals surface area contributed by atoms with Crippen molar-refractivity contribution in [2.45, 2.75) is 51.9 Å². The van der Waals surface area contributed by atoms with Gasteiger partial charge in [-0.1, -0.05) is 51.2 Å². The van der Waals surface area contributed by atoms with Gasteiger partial charge in [-0.15, -0.1) is 0 Å². The zero-order chi connectivity index (χ0) is 32.3. The van der Waals surface area contributed by atoms with Gasteiger partial charge in [-0.25, -0.2) is 0 Å². The molecule has 1 aromatic rings. The molecule has 0 radical (unpaired) electrons. The van der Waals surface area contributed by atoms with Crippen molar-refractivity contribution in [2.75, 3.05) is 125 Å². The first-order valence-electron chi connectivity index (χ1n) is 16.5. The van der Waals surface area contributed by atoms with Crippen LogP contribution in [0, 0.1) is 0 Å². The molecular weight excluding hydrogens is 586 g/mol. The highest BCUT2D eigenvalue weighted by Crippen LogP contribution is 2.19. The molecule has 0 spiro atoms. The van der Waals surface area contributed by atoms with Gasteiger partial charge in [0.25, 0.3) is 0 Å². The van der Waals surface area contributed by atoms with Crippen molar-refractivity contribution >= 4 is 11.7 Å². The number of ether oxygens (including phenoxy) is 10. The summed E-state index contributed by atoms with van der Waals surface area (Å²) in [6.07, 6.45) is 7.42. The summed E-state index contributed by atoms with van der Waals surface area (Å²) in [5.41, 5.74) is 6.43. The molecule has 0 saturated heterocycles. The second-order valence-electron chi connectivity index (χ2n) is 10.0. The number of nitrogen functional groups attached to an aromatic ring is 1. The van der Waals surface area contributed by atoms with Crippen molar-refractivity contribution < 1.29 is 52.2 Å². The highest BCUT2D eigenvalue weighted by atomic mass is 16.6. The SMILES string of the molecule is CCCCCCCCC(=O)OCCOCCOCCOCCOCCOCCOCCOCCOCCOc1ccccc1N. The molecule has 45 heavy (non-hydrogen) atoms. The van der Waals surface area contributed by atoms with E-state index in [1.54, 1.807) is 6.07 Å². The first kappa shape index (κ1) is 41.0. The van der Waals surface area contributed by atoms with Gasteiger partial charge in [-0.2, -0.15) is 0 Å². The number of anilines is 1. The van der Waals surface area contributed by atoms with Crippen LogP contribution in [0.5, 0.6) is 5.75 Å². The standard InChI is InChI=1S/C33H59NO11/c1-2-3-4-5-6-7-12-33(35)45-30-28-43-26-24-41-22-20-39-18-16-37-14-13-36-15-17-38-19-21-40-23-25-42-27-29-44-32-11-9-8-10-31(32)34/h8-11H,2-7,12-30,34H2,1H3. The van der Waals surface area contributed by atoms with E-state index in [0.29, 0.717) is 130 Å². The van der Waals surface area contributed by atoms with Crippen LogP contribution in [0.15, 0.2) is 24.3 Å². The summed E-state index contributed by atoms with van der Waals surface area (Å²) in [6.45, 7) is 10.6. The van der Waals surface area contributed by atoms with E-state index in [2.05, 4.69) is 6.92 Å². The van der Waals surface area contributed by atoms with Gasteiger partial charge in [0.2, 0.25) is 0 Å². The zero-order valence-corrected chi connectivity index (χ0v) is 27.6. The van der Waals surface area contributed by atoms with Crippen LogP contribution in [0.2, 0.25) is 0 Å². The fourth-order valence-corrected chi connectivity index (χ4v) is 3.80. The van der Waals surface area contributed by atoms with Gasteiger partial charge in [0, 0.05) is 6.42 Å². The maximum atomic E-state index is 11.7. The quantitative estimate of drug-likeness (QED) is 0.0648. The van der Waals surface area contributed by atoms with Crippen molar-refractivity contribution in [1.29, 1.82) is 0 Å². The first-order valence-corrected chi connectivity index (χ1v) is 16.5. The maximum Gasteiger partial charge on any atom is 0.305 e. The number of benzene rings is 1. The van der Waals surface area contributed by atoms with E-state index >= 15 is 0 Å². The van der Waals surface area contributed by atoms with Crippen molar-refractivity contribution in [1.82, 2.24) is 0 Å². The molecule has 0 atom stereocenters. The average molecular weight is 646 g/mol. The lowest BCUT2D eigenvalue weighted by molar-refractivity contribution is -0.145. The lowest BCUT2D eigenvalue weighted by Gasteiger charge is -2.09. The van der Waals surface area contributed by atoms with Crippen molar-refractivity contribution in [2.24, 2.45) is 0 Å². The minimum Gasteiger partial charge on any atom is -0.489 e. The number of carbonyl (C=O) groups excluding carboxylic acids is 1. The summed E-state index contributed by atoms with van der Waals surface area (Å²) in [5.74, 6) is 0.524. The third kappa shape index (κ3) is 29.1. The number of carbonyl (C=O) groups is 1. The second-order valence-corrected chi connectivity index (χ2v) is 10.0. The minimum atomic E-state index is -0.144. The second kappa shape index (κ2) is 33.3. The van der Waals surface area contributed by atoms with Crippen LogP contribution >= 0.6 is 0 Å². The molecule has 0 unspecified atom stereocenters. The van der Waals surface area contributed by atoms with E-state index in [-0.39, 0.29) is 12.6 Å². The molecule has 1 rings (SSSR count). The third-order valence-corrected chi connectivity index (χ3v) is 6.23. The number of unbranched alkanes of at least 4 members (excludes halogenated alkanes) is 5. The Morgan fingerprint density at radius 1 is 0.511 bits per heavy atom. The Morgan fingerprint density at radius 3 is 1.33 bits per heavy atom. The lowest BCUT2D eigenvalue weighted by atomic mass is 10.1. The van der Waals surface area contributed by atoms with E-state index < -0.39 is 0 Å². The van der Waals surface area contributed by atoms with Gasteiger partial charge in [0.1, 0.15) is 19.0 Å². The van der Waals surface area contributed by atoms with Crippen LogP contribution in [0.4, 0.5) is 5.69 Å². The summed E-state index contributed by atoms with van der Waals surface area (Å²) < 4.78 is 54.4. The van der Waals surface area contributed by atoms with Gasteiger partial charge >= 0.3 is 5.97 Å². The Hall–Kier alpha value is -2.03. The summed E-state index contributed by atoms with van der Waals surface area (Å²) in [4.78, 5) is 11.7. The summed E-state index contributed by atoms with van der Waals surface area (Å²) in [6, 6.07) is 7.38. The zero-order valence-electron chi connectivity index (χ0n) is 27.6. The molecule has 0 amide bonds. The lowest BCUT2D eigenvalue weighted by Crippen LogP contribution is -2.15. The van der Waals surface area contributed by atoms with Crippen LogP contribution in [-0.2, 0) is 47.4 Å². The smallest absolute Gasteiger partial charge is 0.305 e. The van der Waals surface area contributed by atoms with Gasteiger partial charge in [0.15, 0.2) is 0 Å². The predicted octanol–water partition coefficient (Wildman–Crippen LogP) is 4.07. The Labute approximate surface area is 270 Å². The van der Waals surface area contributed by atoms with E-state index in [9.17, 15) is 4.79 Å². The highest BCUT2D eigenvalue weighted by Gasteiger charge is 2.03. The van der Waals surface area contributed by atoms with Crippen molar-refractivity contribution in [3.63, 3.8) is 0 Å². The molecule has 1 aromatic carbocycles. The summed E-state index contributed by atoms with van der Waals surface area (Å²) in [7, 11) is 0. The van der Waals surface area contributed by atoms with Crippen LogP contribution in [-0.4, -0.2) is 125 Å². The Morgan fingerprint density at radius 2 is 0.889 bits per heavy atom. The molecule has 0 heterocycles. The van der Waals surface area contributed by atoms with Crippen LogP contribution in [0.1, 0.15) is 51.9 Å². The average Bonchev–Trinajstić information content (AvgIpc) is 3.04. The van der Waals surface area contributed by atoms with Crippen LogP contribution in [0.3, 0.4) is 0 Å². The van der Waals surface area contributed by atoms with Gasteiger partial charge in [0.05, 0.1) is 111 Å². The normalized spacial score (nSPS) is 11.2. The number of esters is 1.